The summed E-state index contributed by atoms with van der Waals surface area (Å²) in [6.07, 6.45) is 1.48. The molecule has 9 heteroatoms. The number of aryl methyl sites for hydroxylation is 3. The smallest absolute Gasteiger partial charge is 0.272 e. The Kier molecular flexibility index (Phi) is 6.94. The number of benzene rings is 2. The second kappa shape index (κ2) is 9.72. The van der Waals surface area contributed by atoms with Gasteiger partial charge in [0.25, 0.3) is 5.91 Å². The lowest BCUT2D eigenvalue weighted by atomic mass is 10.1. The first-order valence-corrected chi connectivity index (χ1v) is 12.9. The highest BCUT2D eigenvalue weighted by Crippen LogP contribution is 2.30. The van der Waals surface area contributed by atoms with Crippen molar-refractivity contribution in [1.29, 1.82) is 0 Å². The van der Waals surface area contributed by atoms with E-state index in [-0.39, 0.29) is 16.5 Å². The van der Waals surface area contributed by atoms with Crippen LogP contribution in [0.2, 0.25) is 0 Å². The fraction of sp³-hybridized carbons (Fsp3) is 0.292. The molecule has 1 aliphatic rings. The highest BCUT2D eigenvalue weighted by molar-refractivity contribution is 7.99. The van der Waals surface area contributed by atoms with Crippen LogP contribution >= 0.6 is 11.8 Å². The van der Waals surface area contributed by atoms with E-state index < -0.39 is 10.0 Å². The van der Waals surface area contributed by atoms with Gasteiger partial charge in [-0.05, 0) is 67.4 Å². The van der Waals surface area contributed by atoms with Crippen molar-refractivity contribution in [2.24, 2.45) is 7.05 Å². The van der Waals surface area contributed by atoms with Crippen molar-refractivity contribution in [3.05, 3.63) is 71.5 Å². The number of nitrogens with one attached hydrogen (secondary N) is 1. The van der Waals surface area contributed by atoms with E-state index in [4.69, 9.17) is 4.74 Å². The van der Waals surface area contributed by atoms with Crippen LogP contribution in [-0.2, 0) is 21.8 Å². The van der Waals surface area contributed by atoms with E-state index in [1.54, 1.807) is 18.8 Å². The molecule has 2 aromatic carbocycles. The van der Waals surface area contributed by atoms with Crippen molar-refractivity contribution in [3.8, 4) is 0 Å². The van der Waals surface area contributed by atoms with Crippen LogP contribution in [0.15, 0.2) is 69.4 Å². The van der Waals surface area contributed by atoms with Gasteiger partial charge in [-0.25, -0.2) is 8.42 Å². The summed E-state index contributed by atoms with van der Waals surface area (Å²) >= 11 is 1.66. The fourth-order valence-corrected chi connectivity index (χ4v) is 5.95. The minimum absolute atomic E-state index is 0.109. The van der Waals surface area contributed by atoms with Crippen molar-refractivity contribution in [2.45, 2.75) is 28.5 Å². The number of sulfonamides is 1. The summed E-state index contributed by atoms with van der Waals surface area (Å²) in [7, 11) is -2.00. The molecule has 1 aliphatic heterocycles. The molecule has 7 nitrogen and oxygen atoms in total. The van der Waals surface area contributed by atoms with Crippen LogP contribution in [0.3, 0.4) is 0 Å². The molecule has 0 aliphatic carbocycles. The summed E-state index contributed by atoms with van der Waals surface area (Å²) < 4.78 is 33.9. The number of carbonyl (C=O) groups excluding carboxylic acids is 1. The van der Waals surface area contributed by atoms with Gasteiger partial charge in [-0.15, -0.1) is 0 Å². The first kappa shape index (κ1) is 23.6. The van der Waals surface area contributed by atoms with Crippen LogP contribution in [0.5, 0.6) is 0 Å². The predicted molar refractivity (Wildman–Crippen MR) is 129 cm³/mol. The topological polar surface area (TPSA) is 80.6 Å². The minimum Gasteiger partial charge on any atom is -0.379 e. The molecule has 1 amide bonds. The highest BCUT2D eigenvalue weighted by Gasteiger charge is 2.28. The average Bonchev–Trinajstić information content (AvgIpc) is 3.21. The summed E-state index contributed by atoms with van der Waals surface area (Å²) in [4.78, 5) is 15.2. The molecule has 0 spiro atoms. The second-order valence-corrected chi connectivity index (χ2v) is 11.1. The van der Waals surface area contributed by atoms with Crippen molar-refractivity contribution < 1.29 is 17.9 Å². The molecule has 0 saturated carbocycles. The van der Waals surface area contributed by atoms with Gasteiger partial charge in [-0.1, -0.05) is 17.8 Å². The molecule has 174 valence electrons. The number of nitrogens with zero attached hydrogens (tertiary/aromatic N) is 2. The van der Waals surface area contributed by atoms with Gasteiger partial charge in [0.15, 0.2) is 0 Å². The lowest BCUT2D eigenvalue weighted by Gasteiger charge is -2.25. The fourth-order valence-electron chi connectivity index (χ4n) is 3.55. The molecule has 0 unspecified atom stereocenters. The van der Waals surface area contributed by atoms with Gasteiger partial charge in [0, 0.05) is 41.8 Å². The zero-order chi connectivity index (χ0) is 23.6. The summed E-state index contributed by atoms with van der Waals surface area (Å²) in [5.41, 5.74) is 3.43. The predicted octanol–water partition coefficient (Wildman–Crippen LogP) is 4.07. The van der Waals surface area contributed by atoms with Gasteiger partial charge < -0.3 is 14.6 Å². The first-order valence-electron chi connectivity index (χ1n) is 10.6. The van der Waals surface area contributed by atoms with Crippen LogP contribution < -0.4 is 5.32 Å². The first-order chi connectivity index (χ1) is 15.7. The SMILES string of the molecule is Cc1ccc(Sc2ccc(NC(=O)c3cc(S(=O)(=O)N4CCOCC4)cn3C)cc2)cc1C. The van der Waals surface area contributed by atoms with Crippen LogP contribution in [0.1, 0.15) is 21.6 Å². The molecular formula is C24H27N3O4S2. The maximum Gasteiger partial charge on any atom is 0.272 e. The number of morpholine rings is 1. The van der Waals surface area contributed by atoms with Gasteiger partial charge in [-0.3, -0.25) is 4.79 Å². The number of ether oxygens (including phenoxy) is 1. The molecule has 1 saturated heterocycles. The molecule has 1 aromatic heterocycles. The van der Waals surface area contributed by atoms with Gasteiger partial charge in [0.1, 0.15) is 10.6 Å². The highest BCUT2D eigenvalue weighted by atomic mass is 32.2. The average molecular weight is 486 g/mol. The molecule has 0 bridgehead atoms. The van der Waals surface area contributed by atoms with E-state index in [1.165, 1.54) is 32.3 Å². The number of aromatic nitrogens is 1. The number of hydrogen-bond acceptors (Lipinski definition) is 5. The number of amides is 1. The lowest BCUT2D eigenvalue weighted by Crippen LogP contribution is -2.40. The van der Waals surface area contributed by atoms with Crippen molar-refractivity contribution in [1.82, 2.24) is 8.87 Å². The molecule has 2 heterocycles. The molecule has 1 N–H and O–H groups in total. The Morgan fingerprint density at radius 1 is 0.970 bits per heavy atom. The Morgan fingerprint density at radius 3 is 2.30 bits per heavy atom. The van der Waals surface area contributed by atoms with Gasteiger partial charge in [-0.2, -0.15) is 4.31 Å². The molecule has 3 aromatic rings. The summed E-state index contributed by atoms with van der Waals surface area (Å²) in [6.45, 7) is 5.55. The Balaban J connectivity index is 1.44. The third kappa shape index (κ3) is 5.33. The zero-order valence-electron chi connectivity index (χ0n) is 18.9. The Labute approximate surface area is 198 Å². The second-order valence-electron chi connectivity index (χ2n) is 8.02. The molecular weight excluding hydrogens is 458 g/mol. The third-order valence-electron chi connectivity index (χ3n) is 5.65. The van der Waals surface area contributed by atoms with E-state index in [1.807, 2.05) is 24.3 Å². The van der Waals surface area contributed by atoms with Crippen LogP contribution in [0.25, 0.3) is 0 Å². The maximum absolute atomic E-state index is 12.9. The summed E-state index contributed by atoms with van der Waals surface area (Å²) in [6, 6.07) is 15.4. The standard InChI is InChI=1S/C24H27N3O4S2/c1-17-4-7-21(14-18(17)2)32-20-8-5-19(6-9-20)25-24(28)23-15-22(16-26(23)3)33(29,30)27-10-12-31-13-11-27/h4-9,14-16H,10-13H2,1-3H3,(H,25,28). The number of rotatable bonds is 6. The van der Waals surface area contributed by atoms with Crippen molar-refractivity contribution in [3.63, 3.8) is 0 Å². The monoisotopic (exact) mass is 485 g/mol. The normalized spacial score (nSPS) is 14.9. The van der Waals surface area contributed by atoms with Crippen LogP contribution in [0, 0.1) is 13.8 Å². The molecule has 0 radical (unpaired) electrons. The summed E-state index contributed by atoms with van der Waals surface area (Å²) in [5.74, 6) is -0.365. The largest absolute Gasteiger partial charge is 0.379 e. The Bertz CT molecular complexity index is 1260. The van der Waals surface area contributed by atoms with Crippen molar-refractivity contribution >= 4 is 33.4 Å². The van der Waals surface area contributed by atoms with E-state index in [0.29, 0.717) is 32.0 Å². The zero-order valence-corrected chi connectivity index (χ0v) is 20.5. The number of hydrogen-bond donors (Lipinski definition) is 1. The van der Waals surface area contributed by atoms with Gasteiger partial charge in [0.05, 0.1) is 13.2 Å². The van der Waals surface area contributed by atoms with E-state index in [2.05, 4.69) is 37.4 Å². The quantitative estimate of drug-likeness (QED) is 0.569. The third-order valence-corrected chi connectivity index (χ3v) is 8.51. The van der Waals surface area contributed by atoms with Gasteiger partial charge in [0.2, 0.25) is 10.0 Å². The molecule has 0 atom stereocenters. The van der Waals surface area contributed by atoms with Crippen LogP contribution in [-0.4, -0.2) is 49.5 Å². The lowest BCUT2D eigenvalue weighted by molar-refractivity contribution is 0.0730. The number of carbonyl (C=O) groups is 1. The van der Waals surface area contributed by atoms with Crippen molar-refractivity contribution in [2.75, 3.05) is 31.6 Å². The van der Waals surface area contributed by atoms with Gasteiger partial charge >= 0.3 is 0 Å². The van der Waals surface area contributed by atoms with E-state index in [9.17, 15) is 13.2 Å². The summed E-state index contributed by atoms with van der Waals surface area (Å²) in [5, 5.41) is 2.85. The number of anilines is 1. The Hall–Kier alpha value is -2.59. The molecule has 33 heavy (non-hydrogen) atoms. The molecule has 4 rings (SSSR count). The Morgan fingerprint density at radius 2 is 1.64 bits per heavy atom. The minimum atomic E-state index is -3.66. The van der Waals surface area contributed by atoms with Crippen LogP contribution in [0.4, 0.5) is 5.69 Å². The van der Waals surface area contributed by atoms with E-state index >= 15 is 0 Å². The molecule has 1 fully saturated rings. The van der Waals surface area contributed by atoms with E-state index in [0.717, 1.165) is 9.79 Å². The maximum atomic E-state index is 12.9.